The highest BCUT2D eigenvalue weighted by atomic mass is 19.1. The second-order valence-electron chi connectivity index (χ2n) is 5.81. The Kier molecular flexibility index (Phi) is 5.96. The Morgan fingerprint density at radius 3 is 2.65 bits per heavy atom. The molecule has 1 aromatic carbocycles. The molecule has 6 heteroatoms. The Labute approximate surface area is 135 Å². The van der Waals surface area contributed by atoms with Gasteiger partial charge in [0.25, 0.3) is 0 Å². The van der Waals surface area contributed by atoms with Gasteiger partial charge >= 0.3 is 5.97 Å². The summed E-state index contributed by atoms with van der Waals surface area (Å²) < 4.78 is 35.3. The molecular formula is C17H23FO5. The molecule has 1 aliphatic heterocycles. The normalized spacial score (nSPS) is 15.7. The lowest BCUT2D eigenvalue weighted by molar-refractivity contribution is -0.158. The molecule has 128 valence electrons. The van der Waals surface area contributed by atoms with E-state index in [1.54, 1.807) is 26.8 Å². The smallest absolute Gasteiger partial charge is 0.349 e. The molecule has 1 fully saturated rings. The predicted molar refractivity (Wildman–Crippen MR) is 81.8 cm³/mol. The van der Waals surface area contributed by atoms with Crippen molar-refractivity contribution in [3.05, 3.63) is 29.6 Å². The van der Waals surface area contributed by atoms with Crippen molar-refractivity contribution in [2.24, 2.45) is 0 Å². The van der Waals surface area contributed by atoms with E-state index in [4.69, 9.17) is 18.9 Å². The average Bonchev–Trinajstić information content (AvgIpc) is 3.01. The minimum atomic E-state index is -1.25. The number of benzene rings is 1. The van der Waals surface area contributed by atoms with E-state index in [0.29, 0.717) is 26.1 Å². The molecule has 1 heterocycles. The van der Waals surface area contributed by atoms with Gasteiger partial charge in [-0.25, -0.2) is 9.18 Å². The average molecular weight is 326 g/mol. The maximum atomic E-state index is 14.2. The summed E-state index contributed by atoms with van der Waals surface area (Å²) in [4.78, 5) is 11.8. The van der Waals surface area contributed by atoms with Crippen LogP contribution in [0.3, 0.4) is 0 Å². The highest BCUT2D eigenvalue weighted by Gasteiger charge is 2.32. The van der Waals surface area contributed by atoms with Crippen LogP contribution < -0.4 is 4.74 Å². The predicted octanol–water partition coefficient (Wildman–Crippen LogP) is 2.85. The minimum Gasteiger partial charge on any atom is -0.473 e. The van der Waals surface area contributed by atoms with Crippen LogP contribution in [0.5, 0.6) is 5.75 Å². The third-order valence-electron chi connectivity index (χ3n) is 3.49. The molecule has 5 nitrogen and oxygen atoms in total. The fourth-order valence-corrected chi connectivity index (χ4v) is 2.26. The summed E-state index contributed by atoms with van der Waals surface area (Å²) in [5.41, 5.74) is -0.424. The van der Waals surface area contributed by atoms with Gasteiger partial charge in [-0.3, -0.25) is 0 Å². The van der Waals surface area contributed by atoms with Gasteiger partial charge in [-0.05, 0) is 44.9 Å². The summed E-state index contributed by atoms with van der Waals surface area (Å²) in [6.45, 7) is 6.27. The molecule has 0 spiro atoms. The summed E-state index contributed by atoms with van der Waals surface area (Å²) in [5.74, 6) is -1.01. The fourth-order valence-electron chi connectivity index (χ4n) is 2.26. The first kappa shape index (κ1) is 17.7. The van der Waals surface area contributed by atoms with E-state index < -0.39 is 17.4 Å². The van der Waals surface area contributed by atoms with Crippen LogP contribution in [-0.2, 0) is 25.4 Å². The number of aryl methyl sites for hydroxylation is 1. The van der Waals surface area contributed by atoms with E-state index in [2.05, 4.69) is 0 Å². The van der Waals surface area contributed by atoms with Crippen molar-refractivity contribution in [3.63, 3.8) is 0 Å². The molecule has 0 aromatic heterocycles. The van der Waals surface area contributed by atoms with E-state index in [1.165, 1.54) is 12.1 Å². The number of rotatable bonds is 7. The molecule has 0 unspecified atom stereocenters. The van der Waals surface area contributed by atoms with Crippen LogP contribution in [0.15, 0.2) is 18.2 Å². The van der Waals surface area contributed by atoms with Crippen LogP contribution >= 0.6 is 0 Å². The van der Waals surface area contributed by atoms with Gasteiger partial charge in [0.05, 0.1) is 19.8 Å². The lowest BCUT2D eigenvalue weighted by Crippen LogP contribution is -2.40. The fraction of sp³-hybridized carbons (Fsp3) is 0.588. The minimum absolute atomic E-state index is 0.0279. The topological polar surface area (TPSA) is 54.0 Å². The monoisotopic (exact) mass is 326 g/mol. The molecule has 0 amide bonds. The lowest BCUT2D eigenvalue weighted by Gasteiger charge is -2.24. The molecular weight excluding hydrogens is 303 g/mol. The first-order valence-corrected chi connectivity index (χ1v) is 7.80. The van der Waals surface area contributed by atoms with Crippen LogP contribution in [0.25, 0.3) is 0 Å². The van der Waals surface area contributed by atoms with Crippen LogP contribution in [-0.4, -0.2) is 37.7 Å². The van der Waals surface area contributed by atoms with Crippen molar-refractivity contribution in [1.29, 1.82) is 0 Å². The summed E-state index contributed by atoms with van der Waals surface area (Å²) in [5, 5.41) is 0. The summed E-state index contributed by atoms with van der Waals surface area (Å²) in [7, 11) is 0. The van der Waals surface area contributed by atoms with Crippen LogP contribution in [0.2, 0.25) is 0 Å². The van der Waals surface area contributed by atoms with E-state index in [9.17, 15) is 9.18 Å². The molecule has 0 aliphatic carbocycles. The number of hydrogen-bond acceptors (Lipinski definition) is 5. The molecule has 2 rings (SSSR count). The van der Waals surface area contributed by atoms with Gasteiger partial charge in [-0.15, -0.1) is 0 Å². The molecule has 1 aromatic rings. The molecule has 1 aliphatic rings. The lowest BCUT2D eigenvalue weighted by atomic mass is 10.1. The second-order valence-corrected chi connectivity index (χ2v) is 5.81. The standard InChI is InChI=1S/C17H23FO5/c1-4-20-16(19)17(2,3)23-14-7-5-12(11-13(14)18)6-8-15-21-9-10-22-15/h5,7,11,15H,4,6,8-10H2,1-3H3. The Hall–Kier alpha value is -1.66. The number of esters is 1. The quantitative estimate of drug-likeness (QED) is 0.721. The Bertz CT molecular complexity index is 538. The second kappa shape index (κ2) is 7.75. The number of ether oxygens (including phenoxy) is 4. The molecule has 0 radical (unpaired) electrons. The van der Waals surface area contributed by atoms with Crippen molar-refractivity contribution in [3.8, 4) is 5.75 Å². The number of carbonyl (C=O) groups excluding carboxylic acids is 1. The first-order chi connectivity index (χ1) is 10.9. The van der Waals surface area contributed by atoms with Gasteiger partial charge in [0.1, 0.15) is 0 Å². The van der Waals surface area contributed by atoms with Crippen molar-refractivity contribution < 1.29 is 28.1 Å². The maximum Gasteiger partial charge on any atom is 0.349 e. The van der Waals surface area contributed by atoms with Crippen molar-refractivity contribution in [2.75, 3.05) is 19.8 Å². The Morgan fingerprint density at radius 2 is 2.04 bits per heavy atom. The van der Waals surface area contributed by atoms with Gasteiger partial charge in [-0.2, -0.15) is 0 Å². The van der Waals surface area contributed by atoms with Gasteiger partial charge in [0.15, 0.2) is 23.5 Å². The number of hydrogen-bond donors (Lipinski definition) is 0. The largest absolute Gasteiger partial charge is 0.473 e. The van der Waals surface area contributed by atoms with Crippen LogP contribution in [0, 0.1) is 5.82 Å². The maximum absolute atomic E-state index is 14.2. The summed E-state index contributed by atoms with van der Waals surface area (Å²) in [6, 6.07) is 4.71. The van der Waals surface area contributed by atoms with Crippen molar-refractivity contribution in [2.45, 2.75) is 45.5 Å². The van der Waals surface area contributed by atoms with Crippen LogP contribution in [0.4, 0.5) is 4.39 Å². The Morgan fingerprint density at radius 1 is 1.35 bits per heavy atom. The molecule has 0 bridgehead atoms. The molecule has 0 atom stereocenters. The van der Waals surface area contributed by atoms with E-state index in [-0.39, 0.29) is 18.6 Å². The molecule has 0 saturated carbocycles. The molecule has 1 saturated heterocycles. The SMILES string of the molecule is CCOC(=O)C(C)(C)Oc1ccc(CCC2OCCO2)cc1F. The van der Waals surface area contributed by atoms with Crippen molar-refractivity contribution >= 4 is 5.97 Å². The summed E-state index contributed by atoms with van der Waals surface area (Å²) >= 11 is 0. The van der Waals surface area contributed by atoms with Crippen molar-refractivity contribution in [1.82, 2.24) is 0 Å². The van der Waals surface area contributed by atoms with Gasteiger partial charge in [-0.1, -0.05) is 6.07 Å². The molecule has 23 heavy (non-hydrogen) atoms. The van der Waals surface area contributed by atoms with Crippen LogP contribution in [0.1, 0.15) is 32.8 Å². The summed E-state index contributed by atoms with van der Waals surface area (Å²) in [6.07, 6.45) is 1.11. The Balaban J connectivity index is 1.96. The van der Waals surface area contributed by atoms with Gasteiger partial charge in [0.2, 0.25) is 0 Å². The van der Waals surface area contributed by atoms with E-state index in [0.717, 1.165) is 5.56 Å². The van der Waals surface area contributed by atoms with E-state index in [1.807, 2.05) is 0 Å². The highest BCUT2D eigenvalue weighted by Crippen LogP contribution is 2.25. The number of carbonyl (C=O) groups is 1. The zero-order chi connectivity index (χ0) is 16.9. The third kappa shape index (κ3) is 4.91. The number of halogens is 1. The van der Waals surface area contributed by atoms with E-state index >= 15 is 0 Å². The first-order valence-electron chi connectivity index (χ1n) is 7.80. The zero-order valence-electron chi connectivity index (χ0n) is 13.8. The third-order valence-corrected chi connectivity index (χ3v) is 3.49. The van der Waals surface area contributed by atoms with Gasteiger partial charge < -0.3 is 18.9 Å². The van der Waals surface area contributed by atoms with Gasteiger partial charge in [0, 0.05) is 6.42 Å². The highest BCUT2D eigenvalue weighted by molar-refractivity contribution is 5.79. The zero-order valence-corrected chi connectivity index (χ0v) is 13.8. The molecule has 0 N–H and O–H groups in total.